The van der Waals surface area contributed by atoms with Gasteiger partial charge in [0.2, 0.25) is 0 Å². The van der Waals surface area contributed by atoms with Gasteiger partial charge in [-0.25, -0.2) is 9.97 Å². The molecule has 2 heterocycles. The van der Waals surface area contributed by atoms with Crippen molar-refractivity contribution < 1.29 is 4.79 Å². The van der Waals surface area contributed by atoms with Crippen LogP contribution in [0.15, 0.2) is 54.2 Å². The standard InChI is InChI=1S/C19H16N4OS/c1-12-10-25-19(23-12)15-5-3-2-4-14(15)9-20-18(24)13-6-7-16-17(8-13)22-11-21-16/h2-8,10-11H,9H2,1H3,(H,20,24)(H,21,22). The van der Waals surface area contributed by atoms with Crippen molar-refractivity contribution in [3.63, 3.8) is 0 Å². The Balaban J connectivity index is 1.54. The third-order valence-corrected chi connectivity index (χ3v) is 4.98. The molecule has 0 unspecified atom stereocenters. The zero-order valence-corrected chi connectivity index (χ0v) is 14.4. The molecule has 0 aliphatic carbocycles. The maximum atomic E-state index is 12.5. The summed E-state index contributed by atoms with van der Waals surface area (Å²) in [5, 5.41) is 6.00. The molecule has 0 atom stereocenters. The Morgan fingerprint density at radius 2 is 2.12 bits per heavy atom. The third kappa shape index (κ3) is 3.16. The summed E-state index contributed by atoms with van der Waals surface area (Å²) in [6.07, 6.45) is 1.62. The van der Waals surface area contributed by atoms with E-state index < -0.39 is 0 Å². The number of hydrogen-bond donors (Lipinski definition) is 2. The third-order valence-electron chi connectivity index (χ3n) is 3.99. The van der Waals surface area contributed by atoms with E-state index in [0.29, 0.717) is 12.1 Å². The number of H-pyrrole nitrogens is 1. The Labute approximate surface area is 148 Å². The largest absolute Gasteiger partial charge is 0.348 e. The number of thiazole rings is 1. The highest BCUT2D eigenvalue weighted by molar-refractivity contribution is 7.13. The van der Waals surface area contributed by atoms with Gasteiger partial charge in [-0.1, -0.05) is 24.3 Å². The van der Waals surface area contributed by atoms with E-state index in [9.17, 15) is 4.79 Å². The molecule has 4 aromatic rings. The van der Waals surface area contributed by atoms with Crippen LogP contribution in [0.3, 0.4) is 0 Å². The Hall–Kier alpha value is -2.99. The molecular weight excluding hydrogens is 332 g/mol. The lowest BCUT2D eigenvalue weighted by molar-refractivity contribution is 0.0951. The van der Waals surface area contributed by atoms with E-state index in [1.807, 2.05) is 48.7 Å². The number of aromatic nitrogens is 3. The molecule has 0 saturated heterocycles. The van der Waals surface area contributed by atoms with Crippen molar-refractivity contribution in [2.45, 2.75) is 13.5 Å². The number of nitrogens with one attached hydrogen (secondary N) is 2. The van der Waals surface area contributed by atoms with Crippen molar-refractivity contribution in [3.8, 4) is 10.6 Å². The van der Waals surface area contributed by atoms with Crippen molar-refractivity contribution in [2.75, 3.05) is 0 Å². The van der Waals surface area contributed by atoms with E-state index in [1.165, 1.54) is 0 Å². The molecule has 6 heteroatoms. The molecule has 0 spiro atoms. The highest BCUT2D eigenvalue weighted by atomic mass is 32.1. The number of carbonyl (C=O) groups is 1. The van der Waals surface area contributed by atoms with Gasteiger partial charge >= 0.3 is 0 Å². The fraction of sp³-hybridized carbons (Fsp3) is 0.105. The van der Waals surface area contributed by atoms with Gasteiger partial charge in [-0.15, -0.1) is 11.3 Å². The van der Waals surface area contributed by atoms with E-state index in [-0.39, 0.29) is 5.91 Å². The van der Waals surface area contributed by atoms with Gasteiger partial charge in [0.1, 0.15) is 5.01 Å². The maximum absolute atomic E-state index is 12.5. The summed E-state index contributed by atoms with van der Waals surface area (Å²) < 4.78 is 0. The number of amides is 1. The van der Waals surface area contributed by atoms with Gasteiger partial charge in [-0.3, -0.25) is 4.79 Å². The number of imidazole rings is 1. The lowest BCUT2D eigenvalue weighted by Gasteiger charge is -2.09. The molecule has 2 aromatic carbocycles. The molecule has 0 bridgehead atoms. The van der Waals surface area contributed by atoms with Crippen LogP contribution in [-0.4, -0.2) is 20.9 Å². The van der Waals surface area contributed by atoms with E-state index in [4.69, 9.17) is 0 Å². The first-order valence-corrected chi connectivity index (χ1v) is 8.80. The molecule has 0 radical (unpaired) electrons. The lowest BCUT2D eigenvalue weighted by atomic mass is 10.1. The number of nitrogens with zero attached hydrogens (tertiary/aromatic N) is 2. The van der Waals surface area contributed by atoms with Crippen LogP contribution in [0.1, 0.15) is 21.6 Å². The molecule has 5 nitrogen and oxygen atoms in total. The molecule has 1 amide bonds. The highest BCUT2D eigenvalue weighted by Gasteiger charge is 2.11. The summed E-state index contributed by atoms with van der Waals surface area (Å²) >= 11 is 1.61. The number of aromatic amines is 1. The van der Waals surface area contributed by atoms with Crippen LogP contribution in [0.5, 0.6) is 0 Å². The first-order chi connectivity index (χ1) is 12.2. The number of fused-ring (bicyclic) bond motifs is 1. The quantitative estimate of drug-likeness (QED) is 0.587. The molecule has 0 saturated carbocycles. The Bertz CT molecular complexity index is 1050. The monoisotopic (exact) mass is 348 g/mol. The van der Waals surface area contributed by atoms with Crippen molar-refractivity contribution >= 4 is 28.3 Å². The molecular formula is C19H16N4OS. The molecule has 4 rings (SSSR count). The number of hydrogen-bond acceptors (Lipinski definition) is 4. The minimum atomic E-state index is -0.110. The van der Waals surface area contributed by atoms with Crippen LogP contribution in [-0.2, 0) is 6.54 Å². The minimum absolute atomic E-state index is 0.110. The van der Waals surface area contributed by atoms with Crippen molar-refractivity contribution in [3.05, 3.63) is 71.0 Å². The van der Waals surface area contributed by atoms with Gasteiger partial charge in [0.05, 0.1) is 17.4 Å². The fourth-order valence-corrected chi connectivity index (χ4v) is 3.57. The summed E-state index contributed by atoms with van der Waals surface area (Å²) in [6.45, 7) is 2.44. The van der Waals surface area contributed by atoms with E-state index in [1.54, 1.807) is 23.7 Å². The van der Waals surface area contributed by atoms with Gasteiger partial charge in [0.15, 0.2) is 0 Å². The van der Waals surface area contributed by atoms with E-state index >= 15 is 0 Å². The average Bonchev–Trinajstić information content (AvgIpc) is 3.28. The normalized spacial score (nSPS) is 10.9. The highest BCUT2D eigenvalue weighted by Crippen LogP contribution is 2.27. The van der Waals surface area contributed by atoms with E-state index in [0.717, 1.165) is 32.9 Å². The van der Waals surface area contributed by atoms with Crippen molar-refractivity contribution in [2.24, 2.45) is 0 Å². The molecule has 25 heavy (non-hydrogen) atoms. The summed E-state index contributed by atoms with van der Waals surface area (Å²) in [6, 6.07) is 13.5. The number of aryl methyl sites for hydroxylation is 1. The SMILES string of the molecule is Cc1csc(-c2ccccc2CNC(=O)c2ccc3nc[nH]c3c2)n1. The van der Waals surface area contributed by atoms with Crippen LogP contribution in [0, 0.1) is 6.92 Å². The second-order valence-corrected chi connectivity index (χ2v) is 6.63. The molecule has 2 N–H and O–H groups in total. The Morgan fingerprint density at radius 1 is 1.24 bits per heavy atom. The Kier molecular flexibility index (Phi) is 4.03. The molecule has 2 aromatic heterocycles. The van der Waals surface area contributed by atoms with Gasteiger partial charge in [0.25, 0.3) is 5.91 Å². The van der Waals surface area contributed by atoms with Crippen molar-refractivity contribution in [1.82, 2.24) is 20.3 Å². The second-order valence-electron chi connectivity index (χ2n) is 5.77. The first-order valence-electron chi connectivity index (χ1n) is 7.92. The molecule has 0 aliphatic heterocycles. The van der Waals surface area contributed by atoms with Crippen LogP contribution < -0.4 is 5.32 Å². The number of carbonyl (C=O) groups excluding carboxylic acids is 1. The number of benzene rings is 2. The van der Waals surface area contributed by atoms with Gasteiger partial charge in [-0.2, -0.15) is 0 Å². The molecule has 124 valence electrons. The summed E-state index contributed by atoms with van der Waals surface area (Å²) in [4.78, 5) is 24.2. The van der Waals surface area contributed by atoms with Crippen molar-refractivity contribution in [1.29, 1.82) is 0 Å². The maximum Gasteiger partial charge on any atom is 0.251 e. The number of rotatable bonds is 4. The second kappa shape index (κ2) is 6.49. The van der Waals surface area contributed by atoms with Crippen LogP contribution >= 0.6 is 11.3 Å². The predicted octanol–water partition coefficient (Wildman–Crippen LogP) is 3.92. The van der Waals surface area contributed by atoms with Gasteiger partial charge in [0, 0.05) is 28.7 Å². The average molecular weight is 348 g/mol. The molecule has 0 aliphatic rings. The predicted molar refractivity (Wildman–Crippen MR) is 99.6 cm³/mol. The Morgan fingerprint density at radius 3 is 2.96 bits per heavy atom. The first kappa shape index (κ1) is 15.5. The fourth-order valence-electron chi connectivity index (χ4n) is 2.72. The topological polar surface area (TPSA) is 70.7 Å². The smallest absolute Gasteiger partial charge is 0.251 e. The summed E-state index contributed by atoms with van der Waals surface area (Å²) in [5.41, 5.74) is 5.43. The van der Waals surface area contributed by atoms with Gasteiger partial charge in [-0.05, 0) is 30.7 Å². The summed E-state index contributed by atoms with van der Waals surface area (Å²) in [7, 11) is 0. The zero-order chi connectivity index (χ0) is 17.2. The van der Waals surface area contributed by atoms with Crippen LogP contribution in [0.2, 0.25) is 0 Å². The van der Waals surface area contributed by atoms with Gasteiger partial charge < -0.3 is 10.3 Å². The van der Waals surface area contributed by atoms with Crippen LogP contribution in [0.4, 0.5) is 0 Å². The van der Waals surface area contributed by atoms with Crippen LogP contribution in [0.25, 0.3) is 21.6 Å². The summed E-state index contributed by atoms with van der Waals surface area (Å²) in [5.74, 6) is -0.110. The lowest BCUT2D eigenvalue weighted by Crippen LogP contribution is -2.23. The molecule has 0 fully saturated rings. The van der Waals surface area contributed by atoms with E-state index in [2.05, 4.69) is 20.3 Å². The minimum Gasteiger partial charge on any atom is -0.348 e. The zero-order valence-electron chi connectivity index (χ0n) is 13.6.